The van der Waals surface area contributed by atoms with Crippen molar-refractivity contribution >= 4 is 0 Å². The predicted octanol–water partition coefficient (Wildman–Crippen LogP) is 1.23. The summed E-state index contributed by atoms with van der Waals surface area (Å²) in [4.78, 5) is 4.36. The molecular formula is C12H22N4. The Morgan fingerprint density at radius 1 is 1.62 bits per heavy atom. The van der Waals surface area contributed by atoms with Gasteiger partial charge in [0.2, 0.25) is 0 Å². The van der Waals surface area contributed by atoms with E-state index >= 15 is 0 Å². The molecule has 1 fully saturated rings. The minimum absolute atomic E-state index is 0.367. The molecule has 16 heavy (non-hydrogen) atoms. The molecule has 1 aliphatic carbocycles. The normalized spacial score (nSPS) is 27.2. The predicted molar refractivity (Wildman–Crippen MR) is 64.5 cm³/mol. The van der Waals surface area contributed by atoms with Crippen LogP contribution in [0, 0.1) is 11.8 Å². The quantitative estimate of drug-likeness (QED) is 0.595. The largest absolute Gasteiger partial charge is 0.338 e. The van der Waals surface area contributed by atoms with Crippen LogP contribution >= 0.6 is 0 Å². The standard InChI is InChI=1S/C12H22N4/c1-9-3-4-10(7-9)11(15-13)8-12-14-5-6-16(12)2/h5-6,9-11,15H,3-4,7-8,13H2,1-2H3. The lowest BCUT2D eigenvalue weighted by Gasteiger charge is -2.22. The van der Waals surface area contributed by atoms with E-state index < -0.39 is 0 Å². The van der Waals surface area contributed by atoms with Gasteiger partial charge in [-0.05, 0) is 24.7 Å². The number of aryl methyl sites for hydroxylation is 1. The second kappa shape index (κ2) is 4.97. The molecule has 0 aromatic carbocycles. The topological polar surface area (TPSA) is 55.9 Å². The highest BCUT2D eigenvalue weighted by molar-refractivity contribution is 4.96. The number of nitrogens with two attached hydrogens (primary N) is 1. The Morgan fingerprint density at radius 3 is 2.94 bits per heavy atom. The Balaban J connectivity index is 1.98. The van der Waals surface area contributed by atoms with Gasteiger partial charge in [-0.3, -0.25) is 11.3 Å². The fourth-order valence-electron chi connectivity index (χ4n) is 2.77. The molecule has 0 saturated heterocycles. The molecule has 0 amide bonds. The second-order valence-corrected chi connectivity index (χ2v) is 5.11. The minimum Gasteiger partial charge on any atom is -0.338 e. The first-order chi connectivity index (χ1) is 7.70. The molecule has 4 nitrogen and oxygen atoms in total. The molecule has 1 heterocycles. The summed E-state index contributed by atoms with van der Waals surface area (Å²) in [7, 11) is 2.03. The van der Waals surface area contributed by atoms with Gasteiger partial charge in [-0.1, -0.05) is 13.3 Å². The zero-order valence-electron chi connectivity index (χ0n) is 10.2. The summed E-state index contributed by atoms with van der Waals surface area (Å²) in [6.07, 6.45) is 8.68. The fourth-order valence-corrected chi connectivity index (χ4v) is 2.77. The van der Waals surface area contributed by atoms with Crippen LogP contribution in [0.4, 0.5) is 0 Å². The number of imidazole rings is 1. The van der Waals surface area contributed by atoms with Crippen molar-refractivity contribution in [1.82, 2.24) is 15.0 Å². The first-order valence-corrected chi connectivity index (χ1v) is 6.13. The van der Waals surface area contributed by atoms with Crippen molar-refractivity contribution < 1.29 is 0 Å². The zero-order valence-corrected chi connectivity index (χ0v) is 10.2. The highest BCUT2D eigenvalue weighted by atomic mass is 15.2. The van der Waals surface area contributed by atoms with Crippen molar-refractivity contribution in [2.75, 3.05) is 0 Å². The third-order valence-corrected chi connectivity index (χ3v) is 3.84. The lowest BCUT2D eigenvalue weighted by atomic mass is 9.94. The van der Waals surface area contributed by atoms with Crippen molar-refractivity contribution in [3.05, 3.63) is 18.2 Å². The van der Waals surface area contributed by atoms with Gasteiger partial charge in [0, 0.05) is 31.9 Å². The van der Waals surface area contributed by atoms with E-state index in [0.29, 0.717) is 12.0 Å². The molecule has 3 N–H and O–H groups in total. The van der Waals surface area contributed by atoms with Gasteiger partial charge in [-0.15, -0.1) is 0 Å². The molecule has 2 rings (SSSR count). The van der Waals surface area contributed by atoms with Crippen LogP contribution < -0.4 is 11.3 Å². The number of rotatable bonds is 4. The van der Waals surface area contributed by atoms with Crippen molar-refractivity contribution in [1.29, 1.82) is 0 Å². The third kappa shape index (κ3) is 2.44. The van der Waals surface area contributed by atoms with E-state index in [2.05, 4.69) is 21.9 Å². The molecule has 1 aromatic heterocycles. The van der Waals surface area contributed by atoms with Crippen LogP contribution in [-0.2, 0) is 13.5 Å². The first-order valence-electron chi connectivity index (χ1n) is 6.13. The molecule has 0 spiro atoms. The van der Waals surface area contributed by atoms with Crippen LogP contribution in [0.2, 0.25) is 0 Å². The molecule has 0 bridgehead atoms. The van der Waals surface area contributed by atoms with Crippen LogP contribution in [-0.4, -0.2) is 15.6 Å². The average molecular weight is 222 g/mol. The van der Waals surface area contributed by atoms with E-state index in [0.717, 1.165) is 18.2 Å². The highest BCUT2D eigenvalue weighted by Gasteiger charge is 2.28. The summed E-state index contributed by atoms with van der Waals surface area (Å²) in [5.41, 5.74) is 2.98. The summed E-state index contributed by atoms with van der Waals surface area (Å²) in [5, 5.41) is 0. The molecule has 3 atom stereocenters. The van der Waals surface area contributed by atoms with Gasteiger partial charge in [0.25, 0.3) is 0 Å². The van der Waals surface area contributed by atoms with Crippen molar-refractivity contribution in [2.45, 2.75) is 38.6 Å². The molecule has 1 aromatic rings. The van der Waals surface area contributed by atoms with E-state index in [1.54, 1.807) is 0 Å². The van der Waals surface area contributed by atoms with Crippen LogP contribution in [0.1, 0.15) is 32.0 Å². The first kappa shape index (κ1) is 11.6. The maximum Gasteiger partial charge on any atom is 0.109 e. The monoisotopic (exact) mass is 222 g/mol. The molecular weight excluding hydrogens is 200 g/mol. The van der Waals surface area contributed by atoms with E-state index in [1.807, 2.05) is 19.4 Å². The van der Waals surface area contributed by atoms with Crippen LogP contribution in [0.15, 0.2) is 12.4 Å². The maximum atomic E-state index is 5.68. The Morgan fingerprint density at radius 2 is 2.44 bits per heavy atom. The molecule has 4 heteroatoms. The van der Waals surface area contributed by atoms with Crippen LogP contribution in [0.3, 0.4) is 0 Å². The van der Waals surface area contributed by atoms with Gasteiger partial charge in [0.15, 0.2) is 0 Å². The maximum absolute atomic E-state index is 5.68. The van der Waals surface area contributed by atoms with Crippen molar-refractivity contribution in [3.8, 4) is 0 Å². The average Bonchev–Trinajstić information content (AvgIpc) is 2.85. The molecule has 90 valence electrons. The van der Waals surface area contributed by atoms with Gasteiger partial charge in [0.1, 0.15) is 5.82 Å². The van der Waals surface area contributed by atoms with E-state index in [9.17, 15) is 0 Å². The van der Waals surface area contributed by atoms with Gasteiger partial charge in [-0.25, -0.2) is 4.98 Å². The Labute approximate surface area is 97.2 Å². The number of aromatic nitrogens is 2. The minimum atomic E-state index is 0.367. The lowest BCUT2D eigenvalue weighted by Crippen LogP contribution is -2.42. The fraction of sp³-hybridized carbons (Fsp3) is 0.750. The number of hydrogen-bond donors (Lipinski definition) is 2. The van der Waals surface area contributed by atoms with E-state index in [4.69, 9.17) is 5.84 Å². The van der Waals surface area contributed by atoms with E-state index in [-0.39, 0.29) is 0 Å². The number of nitrogens with one attached hydrogen (secondary N) is 1. The SMILES string of the molecule is CC1CCC(C(Cc2nccn2C)NN)C1. The van der Waals surface area contributed by atoms with Gasteiger partial charge >= 0.3 is 0 Å². The molecule has 1 aliphatic rings. The van der Waals surface area contributed by atoms with E-state index in [1.165, 1.54) is 19.3 Å². The lowest BCUT2D eigenvalue weighted by molar-refractivity contribution is 0.346. The number of nitrogens with zero attached hydrogens (tertiary/aromatic N) is 2. The summed E-state index contributed by atoms with van der Waals surface area (Å²) < 4.78 is 2.07. The molecule has 0 aliphatic heterocycles. The Kier molecular flexibility index (Phi) is 3.61. The second-order valence-electron chi connectivity index (χ2n) is 5.11. The number of hydrogen-bond acceptors (Lipinski definition) is 3. The summed E-state index contributed by atoms with van der Waals surface area (Å²) in [6, 6.07) is 0.367. The summed E-state index contributed by atoms with van der Waals surface area (Å²) in [6.45, 7) is 2.33. The zero-order chi connectivity index (χ0) is 11.5. The smallest absolute Gasteiger partial charge is 0.109 e. The third-order valence-electron chi connectivity index (χ3n) is 3.84. The molecule has 1 saturated carbocycles. The highest BCUT2D eigenvalue weighted by Crippen LogP contribution is 2.33. The van der Waals surface area contributed by atoms with Crippen molar-refractivity contribution in [2.24, 2.45) is 24.7 Å². The Bertz CT molecular complexity index is 334. The summed E-state index contributed by atoms with van der Waals surface area (Å²) in [5.74, 6) is 8.35. The van der Waals surface area contributed by atoms with Crippen LogP contribution in [0.5, 0.6) is 0 Å². The van der Waals surface area contributed by atoms with Gasteiger partial charge in [0.05, 0.1) is 0 Å². The Hall–Kier alpha value is -0.870. The van der Waals surface area contributed by atoms with Crippen molar-refractivity contribution in [3.63, 3.8) is 0 Å². The van der Waals surface area contributed by atoms with Gasteiger partial charge in [-0.2, -0.15) is 0 Å². The van der Waals surface area contributed by atoms with Gasteiger partial charge < -0.3 is 4.57 Å². The van der Waals surface area contributed by atoms with Crippen LogP contribution in [0.25, 0.3) is 0 Å². The molecule has 0 radical (unpaired) electrons. The molecule has 3 unspecified atom stereocenters. The summed E-state index contributed by atoms with van der Waals surface area (Å²) >= 11 is 0. The number of hydrazine groups is 1.